The van der Waals surface area contributed by atoms with E-state index in [2.05, 4.69) is 5.32 Å². The number of amides is 1. The second kappa shape index (κ2) is 5.26. The van der Waals surface area contributed by atoms with Gasteiger partial charge in [-0.05, 0) is 24.3 Å². The summed E-state index contributed by atoms with van der Waals surface area (Å²) in [6.07, 6.45) is 5.27. The fourth-order valence-corrected chi connectivity index (χ4v) is 2.58. The first kappa shape index (κ1) is 13.1. The van der Waals surface area contributed by atoms with Crippen LogP contribution >= 0.6 is 0 Å². The Balaban J connectivity index is 1.85. The Bertz CT molecular complexity index is 580. The largest absolute Gasteiger partial charge is 0.406 e. The van der Waals surface area contributed by atoms with Crippen molar-refractivity contribution in [1.82, 2.24) is 4.90 Å². The molecule has 6 heteroatoms. The summed E-state index contributed by atoms with van der Waals surface area (Å²) in [5.74, 6) is 0.571. The Kier molecular flexibility index (Phi) is 3.46. The van der Waals surface area contributed by atoms with E-state index in [1.807, 2.05) is 0 Å². The lowest BCUT2D eigenvalue weighted by Crippen LogP contribution is -2.40. The SMILES string of the molecule is O=C1c2c(CCCC3CC3)cc(=O)oc2NCN1CF. The third-order valence-corrected chi connectivity index (χ3v) is 3.87. The molecular weight excluding hydrogens is 263 g/mol. The minimum atomic E-state index is -0.855. The molecule has 3 rings (SSSR count). The van der Waals surface area contributed by atoms with Gasteiger partial charge < -0.3 is 9.73 Å². The smallest absolute Gasteiger partial charge is 0.337 e. The highest BCUT2D eigenvalue weighted by molar-refractivity contribution is 6.01. The Morgan fingerprint density at radius 1 is 1.40 bits per heavy atom. The number of halogens is 1. The van der Waals surface area contributed by atoms with Gasteiger partial charge in [0.25, 0.3) is 5.91 Å². The first-order valence-corrected chi connectivity index (χ1v) is 6.95. The van der Waals surface area contributed by atoms with Gasteiger partial charge in [-0.25, -0.2) is 9.18 Å². The normalized spacial score (nSPS) is 17.9. The lowest BCUT2D eigenvalue weighted by Gasteiger charge is -2.27. The molecule has 1 N–H and O–H groups in total. The van der Waals surface area contributed by atoms with Gasteiger partial charge in [0.05, 0.1) is 6.67 Å². The summed E-state index contributed by atoms with van der Waals surface area (Å²) in [6, 6.07) is 1.35. The maximum atomic E-state index is 12.8. The van der Waals surface area contributed by atoms with Crippen LogP contribution in [0, 0.1) is 5.92 Å². The van der Waals surface area contributed by atoms with Crippen LogP contribution in [0.3, 0.4) is 0 Å². The molecule has 0 bridgehead atoms. The van der Waals surface area contributed by atoms with Gasteiger partial charge in [-0.15, -0.1) is 0 Å². The topological polar surface area (TPSA) is 62.6 Å². The molecule has 5 nitrogen and oxygen atoms in total. The molecule has 1 aromatic heterocycles. The average molecular weight is 280 g/mol. The second-order valence-electron chi connectivity index (χ2n) is 5.43. The minimum absolute atomic E-state index is 0.0246. The molecule has 0 aromatic carbocycles. The molecule has 1 saturated carbocycles. The molecule has 0 radical (unpaired) electrons. The molecular formula is C14H17FN2O3. The van der Waals surface area contributed by atoms with Crippen LogP contribution in [-0.4, -0.2) is 24.3 Å². The maximum absolute atomic E-state index is 12.8. The highest BCUT2D eigenvalue weighted by atomic mass is 19.1. The van der Waals surface area contributed by atoms with E-state index in [0.29, 0.717) is 17.5 Å². The van der Waals surface area contributed by atoms with Crippen molar-refractivity contribution in [3.8, 4) is 0 Å². The van der Waals surface area contributed by atoms with Crippen LogP contribution in [0.25, 0.3) is 0 Å². The van der Waals surface area contributed by atoms with E-state index in [4.69, 9.17) is 4.42 Å². The Hall–Kier alpha value is -1.85. The zero-order valence-corrected chi connectivity index (χ0v) is 11.2. The van der Waals surface area contributed by atoms with Crippen LogP contribution in [0.15, 0.2) is 15.3 Å². The Morgan fingerprint density at radius 3 is 2.90 bits per heavy atom. The summed E-state index contributed by atoms with van der Waals surface area (Å²) >= 11 is 0. The zero-order valence-electron chi connectivity index (χ0n) is 11.2. The van der Waals surface area contributed by atoms with Gasteiger partial charge in [0.1, 0.15) is 5.56 Å². The van der Waals surface area contributed by atoms with Crippen LogP contribution in [0.4, 0.5) is 10.3 Å². The summed E-state index contributed by atoms with van der Waals surface area (Å²) in [5.41, 5.74) is 0.496. The van der Waals surface area contributed by atoms with Crippen molar-refractivity contribution < 1.29 is 13.6 Å². The molecule has 0 saturated heterocycles. The first-order chi connectivity index (χ1) is 9.69. The van der Waals surface area contributed by atoms with Gasteiger partial charge in [-0.2, -0.15) is 0 Å². The van der Waals surface area contributed by atoms with E-state index in [0.717, 1.165) is 23.7 Å². The number of carbonyl (C=O) groups is 1. The number of carbonyl (C=O) groups excluding carboxylic acids is 1. The van der Waals surface area contributed by atoms with Crippen molar-refractivity contribution in [2.45, 2.75) is 32.1 Å². The highest BCUT2D eigenvalue weighted by Gasteiger charge is 2.29. The summed E-state index contributed by atoms with van der Waals surface area (Å²) in [7, 11) is 0. The maximum Gasteiger partial charge on any atom is 0.337 e. The number of nitrogens with zero attached hydrogens (tertiary/aromatic N) is 1. The number of hydrogen-bond donors (Lipinski definition) is 1. The fraction of sp³-hybridized carbons (Fsp3) is 0.571. The average Bonchev–Trinajstić information content (AvgIpc) is 3.22. The summed E-state index contributed by atoms with van der Waals surface area (Å²) in [5, 5.41) is 2.79. The van der Waals surface area contributed by atoms with E-state index < -0.39 is 18.3 Å². The predicted octanol–water partition coefficient (Wildman–Crippen LogP) is 2.12. The van der Waals surface area contributed by atoms with E-state index in [1.165, 1.54) is 18.9 Å². The van der Waals surface area contributed by atoms with Gasteiger partial charge in [-0.3, -0.25) is 9.69 Å². The zero-order chi connectivity index (χ0) is 14.1. The molecule has 2 aliphatic rings. The Labute approximate surface area is 115 Å². The molecule has 108 valence electrons. The minimum Gasteiger partial charge on any atom is -0.406 e. The lowest BCUT2D eigenvalue weighted by molar-refractivity contribution is 0.0678. The van der Waals surface area contributed by atoms with E-state index >= 15 is 0 Å². The van der Waals surface area contributed by atoms with Gasteiger partial charge in [0.15, 0.2) is 6.80 Å². The predicted molar refractivity (Wildman–Crippen MR) is 71.3 cm³/mol. The van der Waals surface area contributed by atoms with Gasteiger partial charge >= 0.3 is 5.63 Å². The van der Waals surface area contributed by atoms with E-state index in [1.54, 1.807) is 0 Å². The van der Waals surface area contributed by atoms with E-state index in [-0.39, 0.29) is 12.6 Å². The fourth-order valence-electron chi connectivity index (χ4n) is 2.58. The molecule has 20 heavy (non-hydrogen) atoms. The van der Waals surface area contributed by atoms with Crippen molar-refractivity contribution in [3.63, 3.8) is 0 Å². The number of fused-ring (bicyclic) bond motifs is 1. The molecule has 1 aromatic rings. The van der Waals surface area contributed by atoms with Crippen LogP contribution in [0.1, 0.15) is 41.6 Å². The van der Waals surface area contributed by atoms with Crippen LogP contribution in [0.2, 0.25) is 0 Å². The molecule has 2 heterocycles. The molecule has 1 aliphatic heterocycles. The van der Waals surface area contributed by atoms with Gasteiger partial charge in [0, 0.05) is 6.07 Å². The summed E-state index contributed by atoms with van der Waals surface area (Å²) in [4.78, 5) is 24.7. The standard InChI is InChI=1S/C14H17FN2O3/c15-7-17-8-16-13-12(14(17)19)10(6-11(18)20-13)3-1-2-9-4-5-9/h6,9,16H,1-5,7-8H2. The van der Waals surface area contributed by atoms with E-state index in [9.17, 15) is 14.0 Å². The lowest BCUT2D eigenvalue weighted by atomic mass is 10.0. The molecule has 0 unspecified atom stereocenters. The number of alkyl halides is 1. The number of nitrogens with one attached hydrogen (secondary N) is 1. The molecule has 1 amide bonds. The monoisotopic (exact) mass is 280 g/mol. The first-order valence-electron chi connectivity index (χ1n) is 6.95. The third-order valence-electron chi connectivity index (χ3n) is 3.87. The van der Waals surface area contributed by atoms with Crippen molar-refractivity contribution in [2.24, 2.45) is 5.92 Å². The van der Waals surface area contributed by atoms with Crippen LogP contribution in [0.5, 0.6) is 0 Å². The van der Waals surface area contributed by atoms with Crippen LogP contribution < -0.4 is 10.9 Å². The van der Waals surface area contributed by atoms with Crippen molar-refractivity contribution in [1.29, 1.82) is 0 Å². The molecule has 0 atom stereocenters. The quantitative estimate of drug-likeness (QED) is 0.839. The Morgan fingerprint density at radius 2 is 2.20 bits per heavy atom. The van der Waals surface area contributed by atoms with Gasteiger partial charge in [-0.1, -0.05) is 19.3 Å². The molecule has 1 aliphatic carbocycles. The number of aryl methyl sites for hydroxylation is 1. The van der Waals surface area contributed by atoms with Crippen molar-refractivity contribution in [3.05, 3.63) is 27.6 Å². The molecule has 1 fully saturated rings. The summed E-state index contributed by atoms with van der Waals surface area (Å²) in [6.45, 7) is -0.831. The second-order valence-corrected chi connectivity index (χ2v) is 5.43. The number of rotatable bonds is 5. The highest BCUT2D eigenvalue weighted by Crippen LogP contribution is 2.34. The number of anilines is 1. The van der Waals surface area contributed by atoms with Crippen LogP contribution in [-0.2, 0) is 6.42 Å². The summed E-state index contributed by atoms with van der Waals surface area (Å²) < 4.78 is 17.8. The number of hydrogen-bond acceptors (Lipinski definition) is 4. The van der Waals surface area contributed by atoms with Crippen molar-refractivity contribution in [2.75, 3.05) is 18.8 Å². The third kappa shape index (κ3) is 2.55. The van der Waals surface area contributed by atoms with Gasteiger partial charge in [0.2, 0.25) is 5.88 Å². The van der Waals surface area contributed by atoms with Crippen molar-refractivity contribution >= 4 is 11.8 Å². The molecule has 0 spiro atoms.